The molecule has 1 N–H and O–H groups in total. The van der Waals surface area contributed by atoms with Gasteiger partial charge in [-0.2, -0.15) is 11.8 Å². The first-order valence-corrected chi connectivity index (χ1v) is 10.0. The lowest BCUT2D eigenvalue weighted by atomic mass is 9.79. The Bertz CT molecular complexity index is 379. The molecule has 3 rings (SSSR count). The van der Waals surface area contributed by atoms with E-state index in [-0.39, 0.29) is 5.91 Å². The third-order valence-corrected chi connectivity index (χ3v) is 7.10. The molecule has 126 valence electrons. The van der Waals surface area contributed by atoms with Crippen molar-refractivity contribution in [2.75, 3.05) is 44.3 Å². The van der Waals surface area contributed by atoms with Gasteiger partial charge in [0.1, 0.15) is 0 Å². The molecule has 0 unspecified atom stereocenters. The maximum Gasteiger partial charge on any atom is 0.219 e. The SMILES string of the molecule is CC(=O)N1CCC([C@@H]2CN(C3CCSCC3)C[C@H]2CO)CC1. The minimum Gasteiger partial charge on any atom is -0.396 e. The number of nitrogens with zero attached hydrogens (tertiary/aromatic N) is 2. The summed E-state index contributed by atoms with van der Waals surface area (Å²) in [5.74, 6) is 4.58. The average molecular weight is 327 g/mol. The number of carbonyl (C=O) groups is 1. The molecule has 1 amide bonds. The van der Waals surface area contributed by atoms with Gasteiger partial charge in [0, 0.05) is 45.8 Å². The van der Waals surface area contributed by atoms with E-state index in [9.17, 15) is 9.90 Å². The summed E-state index contributed by atoms with van der Waals surface area (Å²) in [6.07, 6.45) is 4.88. The van der Waals surface area contributed by atoms with Gasteiger partial charge in [-0.1, -0.05) is 0 Å². The molecule has 0 spiro atoms. The normalized spacial score (nSPS) is 32.5. The van der Waals surface area contributed by atoms with E-state index in [0.717, 1.165) is 38.5 Å². The van der Waals surface area contributed by atoms with Crippen molar-refractivity contribution in [3.8, 4) is 0 Å². The zero-order valence-electron chi connectivity index (χ0n) is 13.7. The van der Waals surface area contributed by atoms with Crippen LogP contribution in [0.3, 0.4) is 0 Å². The standard InChI is InChI=1S/C17H30N2O2S/c1-13(21)18-6-2-14(3-7-18)17-11-19(10-15(17)12-20)16-4-8-22-9-5-16/h14-17,20H,2-12H2,1H3/t15-,17-/m0/s1. The van der Waals surface area contributed by atoms with Crippen LogP contribution in [0.1, 0.15) is 32.6 Å². The molecule has 3 aliphatic heterocycles. The molecule has 0 aromatic heterocycles. The van der Waals surface area contributed by atoms with E-state index >= 15 is 0 Å². The van der Waals surface area contributed by atoms with E-state index in [2.05, 4.69) is 16.7 Å². The van der Waals surface area contributed by atoms with Crippen LogP contribution in [0.2, 0.25) is 0 Å². The van der Waals surface area contributed by atoms with Gasteiger partial charge >= 0.3 is 0 Å². The van der Waals surface area contributed by atoms with Crippen LogP contribution in [0.25, 0.3) is 0 Å². The number of thioether (sulfide) groups is 1. The van der Waals surface area contributed by atoms with Crippen molar-refractivity contribution in [1.29, 1.82) is 0 Å². The summed E-state index contributed by atoms with van der Waals surface area (Å²) >= 11 is 2.08. The van der Waals surface area contributed by atoms with E-state index in [1.54, 1.807) is 6.92 Å². The fraction of sp³-hybridized carbons (Fsp3) is 0.941. The largest absolute Gasteiger partial charge is 0.396 e. The van der Waals surface area contributed by atoms with Gasteiger partial charge in [-0.3, -0.25) is 9.69 Å². The van der Waals surface area contributed by atoms with Crippen LogP contribution in [-0.2, 0) is 4.79 Å². The molecule has 0 saturated carbocycles. The Morgan fingerprint density at radius 1 is 1.14 bits per heavy atom. The minimum atomic E-state index is 0.213. The molecule has 22 heavy (non-hydrogen) atoms. The summed E-state index contributed by atoms with van der Waals surface area (Å²) < 4.78 is 0. The zero-order valence-corrected chi connectivity index (χ0v) is 14.6. The molecule has 3 heterocycles. The Morgan fingerprint density at radius 3 is 2.41 bits per heavy atom. The number of amides is 1. The third-order valence-electron chi connectivity index (χ3n) is 6.05. The maximum atomic E-state index is 11.5. The molecule has 0 radical (unpaired) electrons. The van der Waals surface area contributed by atoms with Gasteiger partial charge in [0.05, 0.1) is 0 Å². The number of carbonyl (C=O) groups excluding carboxylic acids is 1. The van der Waals surface area contributed by atoms with Crippen molar-refractivity contribution in [3.63, 3.8) is 0 Å². The Balaban J connectivity index is 1.57. The molecule has 3 fully saturated rings. The monoisotopic (exact) mass is 326 g/mol. The number of rotatable bonds is 3. The van der Waals surface area contributed by atoms with Crippen LogP contribution in [0, 0.1) is 17.8 Å². The van der Waals surface area contributed by atoms with Crippen LogP contribution in [0.5, 0.6) is 0 Å². The fourth-order valence-electron chi connectivity index (χ4n) is 4.65. The second-order valence-corrected chi connectivity index (χ2v) is 8.47. The lowest BCUT2D eigenvalue weighted by Gasteiger charge is -2.36. The van der Waals surface area contributed by atoms with Gasteiger partial charge < -0.3 is 10.0 Å². The van der Waals surface area contributed by atoms with Crippen molar-refractivity contribution in [2.24, 2.45) is 17.8 Å². The number of likely N-dealkylation sites (tertiary alicyclic amines) is 2. The third kappa shape index (κ3) is 3.62. The highest BCUT2D eigenvalue weighted by atomic mass is 32.2. The number of aliphatic hydroxyl groups excluding tert-OH is 1. The second kappa shape index (κ2) is 7.54. The van der Waals surface area contributed by atoms with Crippen molar-refractivity contribution >= 4 is 17.7 Å². The van der Waals surface area contributed by atoms with Crippen LogP contribution in [-0.4, -0.2) is 71.1 Å². The number of hydrogen-bond acceptors (Lipinski definition) is 4. The highest BCUT2D eigenvalue weighted by Crippen LogP contribution is 2.38. The molecule has 0 aliphatic carbocycles. The van der Waals surface area contributed by atoms with Crippen LogP contribution in [0.15, 0.2) is 0 Å². The predicted molar refractivity (Wildman–Crippen MR) is 91.0 cm³/mol. The highest BCUT2D eigenvalue weighted by Gasteiger charge is 2.40. The Hall–Kier alpha value is -0.260. The number of aliphatic hydroxyl groups is 1. The molecule has 3 saturated heterocycles. The Morgan fingerprint density at radius 2 is 1.82 bits per heavy atom. The lowest BCUT2D eigenvalue weighted by molar-refractivity contribution is -0.130. The van der Waals surface area contributed by atoms with Crippen molar-refractivity contribution < 1.29 is 9.90 Å². The van der Waals surface area contributed by atoms with E-state index in [1.165, 1.54) is 30.9 Å². The average Bonchev–Trinajstić information content (AvgIpc) is 3.00. The summed E-state index contributed by atoms with van der Waals surface area (Å²) in [4.78, 5) is 16.1. The van der Waals surface area contributed by atoms with E-state index in [4.69, 9.17) is 0 Å². The Kier molecular flexibility index (Phi) is 5.69. The minimum absolute atomic E-state index is 0.213. The highest BCUT2D eigenvalue weighted by molar-refractivity contribution is 7.99. The first kappa shape index (κ1) is 16.6. The summed E-state index contributed by atoms with van der Waals surface area (Å²) in [5.41, 5.74) is 0. The Labute approximate surface area is 138 Å². The summed E-state index contributed by atoms with van der Waals surface area (Å²) in [5, 5.41) is 9.83. The van der Waals surface area contributed by atoms with E-state index < -0.39 is 0 Å². The molecule has 3 aliphatic rings. The van der Waals surface area contributed by atoms with Gasteiger partial charge in [-0.15, -0.1) is 0 Å². The summed E-state index contributed by atoms with van der Waals surface area (Å²) in [7, 11) is 0. The number of piperidine rings is 1. The first-order chi connectivity index (χ1) is 10.7. The van der Waals surface area contributed by atoms with Crippen LogP contribution >= 0.6 is 11.8 Å². The van der Waals surface area contributed by atoms with Crippen molar-refractivity contribution in [1.82, 2.24) is 9.80 Å². The van der Waals surface area contributed by atoms with Crippen molar-refractivity contribution in [2.45, 2.75) is 38.6 Å². The number of hydrogen-bond donors (Lipinski definition) is 1. The quantitative estimate of drug-likeness (QED) is 0.857. The van der Waals surface area contributed by atoms with E-state index in [1.807, 2.05) is 4.90 Å². The van der Waals surface area contributed by atoms with Crippen LogP contribution < -0.4 is 0 Å². The van der Waals surface area contributed by atoms with E-state index in [0.29, 0.717) is 24.4 Å². The molecule has 0 bridgehead atoms. The molecular weight excluding hydrogens is 296 g/mol. The molecule has 4 nitrogen and oxygen atoms in total. The van der Waals surface area contributed by atoms with Gasteiger partial charge in [0.15, 0.2) is 0 Å². The topological polar surface area (TPSA) is 43.8 Å². The van der Waals surface area contributed by atoms with Gasteiger partial charge in [-0.25, -0.2) is 0 Å². The molecule has 0 aromatic carbocycles. The smallest absolute Gasteiger partial charge is 0.219 e. The molecule has 2 atom stereocenters. The van der Waals surface area contributed by atoms with Crippen molar-refractivity contribution in [3.05, 3.63) is 0 Å². The van der Waals surface area contributed by atoms with Gasteiger partial charge in [0.25, 0.3) is 0 Å². The molecule has 5 heteroatoms. The second-order valence-electron chi connectivity index (χ2n) is 7.25. The fourth-order valence-corrected chi connectivity index (χ4v) is 5.73. The summed E-state index contributed by atoms with van der Waals surface area (Å²) in [6.45, 7) is 6.09. The zero-order chi connectivity index (χ0) is 15.5. The predicted octanol–water partition coefficient (Wildman–Crippen LogP) is 1.68. The first-order valence-electron chi connectivity index (χ1n) is 8.87. The van der Waals surface area contributed by atoms with Gasteiger partial charge in [0.2, 0.25) is 5.91 Å². The molecular formula is C17H30N2O2S. The van der Waals surface area contributed by atoms with Crippen LogP contribution in [0.4, 0.5) is 0 Å². The lowest BCUT2D eigenvalue weighted by Crippen LogP contribution is -2.41. The maximum absolute atomic E-state index is 11.5. The van der Waals surface area contributed by atoms with Gasteiger partial charge in [-0.05, 0) is 54.9 Å². The molecule has 0 aromatic rings. The summed E-state index contributed by atoms with van der Waals surface area (Å²) in [6, 6.07) is 0.748.